The lowest BCUT2D eigenvalue weighted by Crippen LogP contribution is -2.15. The number of sulfonamides is 1. The number of ketones is 1. The number of aromatic amines is 1. The number of carbonyl (C=O) groups is 2. The minimum absolute atomic E-state index is 0.00502. The summed E-state index contributed by atoms with van der Waals surface area (Å²) >= 11 is 12.0. The van der Waals surface area contributed by atoms with Crippen molar-refractivity contribution in [3.63, 3.8) is 0 Å². The van der Waals surface area contributed by atoms with Crippen molar-refractivity contribution in [1.82, 2.24) is 4.98 Å². The van der Waals surface area contributed by atoms with Crippen molar-refractivity contribution in [2.24, 2.45) is 0 Å². The maximum absolute atomic E-state index is 12.6. The van der Waals surface area contributed by atoms with Gasteiger partial charge in [0.25, 0.3) is 15.9 Å². The van der Waals surface area contributed by atoms with E-state index in [1.165, 1.54) is 31.2 Å². The summed E-state index contributed by atoms with van der Waals surface area (Å²) in [5.41, 5.74) is 2.69. The Morgan fingerprint density at radius 1 is 0.935 bits per heavy atom. The van der Waals surface area contributed by atoms with Gasteiger partial charge < -0.3 is 10.3 Å². The molecule has 0 spiro atoms. The van der Waals surface area contributed by atoms with Crippen molar-refractivity contribution >= 4 is 56.3 Å². The number of nitrogens with one attached hydrogen (secondary N) is 3. The van der Waals surface area contributed by atoms with Crippen LogP contribution in [0.15, 0.2) is 47.4 Å². The second kappa shape index (κ2) is 8.74. The topological polar surface area (TPSA) is 108 Å². The molecule has 0 bridgehead atoms. The molecule has 7 nitrogen and oxygen atoms in total. The predicted molar refractivity (Wildman–Crippen MR) is 122 cm³/mol. The summed E-state index contributed by atoms with van der Waals surface area (Å²) in [7, 11) is -4.01. The fourth-order valence-corrected chi connectivity index (χ4v) is 5.47. The monoisotopic (exact) mass is 479 g/mol. The number of carbonyl (C=O) groups excluding carboxylic acids is 2. The first-order chi connectivity index (χ1) is 14.5. The average Bonchev–Trinajstić information content (AvgIpc) is 2.97. The molecule has 0 aliphatic rings. The standard InChI is InChI=1S/C21H19Cl2N3O4S/c1-11-18(13(3)27)12(2)24-19(11)21(28)25-14-7-9-15(10-8-14)26-31(29,30)20-16(22)5-4-6-17(20)23/h4-10,24,26H,1-3H3,(H,25,28). The van der Waals surface area contributed by atoms with Gasteiger partial charge >= 0.3 is 0 Å². The molecular weight excluding hydrogens is 461 g/mol. The van der Waals surface area contributed by atoms with Crippen LogP contribution in [-0.2, 0) is 10.0 Å². The van der Waals surface area contributed by atoms with E-state index in [1.54, 1.807) is 32.0 Å². The zero-order chi connectivity index (χ0) is 22.9. The molecule has 2 aromatic carbocycles. The molecule has 3 N–H and O–H groups in total. The fourth-order valence-electron chi connectivity index (χ4n) is 3.27. The molecule has 0 aliphatic carbocycles. The van der Waals surface area contributed by atoms with Gasteiger partial charge in [0.2, 0.25) is 0 Å². The Morgan fingerprint density at radius 2 is 1.48 bits per heavy atom. The lowest BCUT2D eigenvalue weighted by atomic mass is 10.1. The molecule has 1 heterocycles. The van der Waals surface area contributed by atoms with Crippen LogP contribution in [0.25, 0.3) is 0 Å². The summed E-state index contributed by atoms with van der Waals surface area (Å²) in [6.45, 7) is 4.87. The summed E-state index contributed by atoms with van der Waals surface area (Å²) in [6.07, 6.45) is 0. The summed E-state index contributed by atoms with van der Waals surface area (Å²) in [5, 5.41) is 2.73. The van der Waals surface area contributed by atoms with Gasteiger partial charge in [0.15, 0.2) is 5.78 Å². The molecule has 0 aliphatic heterocycles. The van der Waals surface area contributed by atoms with Gasteiger partial charge in [-0.25, -0.2) is 8.42 Å². The van der Waals surface area contributed by atoms with E-state index in [-0.39, 0.29) is 26.4 Å². The summed E-state index contributed by atoms with van der Waals surface area (Å²) in [6, 6.07) is 10.5. The van der Waals surface area contributed by atoms with Gasteiger partial charge in [-0.3, -0.25) is 14.3 Å². The van der Waals surface area contributed by atoms with Crippen LogP contribution in [-0.4, -0.2) is 25.1 Å². The smallest absolute Gasteiger partial charge is 0.272 e. The molecule has 0 radical (unpaired) electrons. The Labute approximate surface area is 189 Å². The van der Waals surface area contributed by atoms with E-state index in [1.807, 2.05) is 0 Å². The maximum Gasteiger partial charge on any atom is 0.272 e. The van der Waals surface area contributed by atoms with Gasteiger partial charge in [0.1, 0.15) is 10.6 Å². The minimum atomic E-state index is -4.01. The van der Waals surface area contributed by atoms with Gasteiger partial charge in [-0.2, -0.15) is 0 Å². The first kappa shape index (κ1) is 22.9. The van der Waals surface area contributed by atoms with Crippen LogP contribution in [0.2, 0.25) is 10.0 Å². The van der Waals surface area contributed by atoms with Gasteiger partial charge in [-0.05, 0) is 62.7 Å². The number of aromatic nitrogens is 1. The number of halogens is 2. The van der Waals surface area contributed by atoms with Crippen LogP contribution in [0, 0.1) is 13.8 Å². The summed E-state index contributed by atoms with van der Waals surface area (Å²) in [4.78, 5) is 27.1. The quantitative estimate of drug-likeness (QED) is 0.422. The van der Waals surface area contributed by atoms with Crippen molar-refractivity contribution in [3.8, 4) is 0 Å². The van der Waals surface area contributed by atoms with E-state index in [9.17, 15) is 18.0 Å². The lowest BCUT2D eigenvalue weighted by molar-refractivity contribution is 0.101. The molecule has 10 heteroatoms. The third-order valence-electron chi connectivity index (χ3n) is 4.60. The van der Waals surface area contributed by atoms with Gasteiger partial charge in [-0.15, -0.1) is 0 Å². The van der Waals surface area contributed by atoms with Gasteiger partial charge in [-0.1, -0.05) is 29.3 Å². The second-order valence-electron chi connectivity index (χ2n) is 6.87. The number of rotatable bonds is 6. The Bertz CT molecular complexity index is 1260. The van der Waals surface area contributed by atoms with Crippen LogP contribution >= 0.6 is 23.2 Å². The number of hydrogen-bond donors (Lipinski definition) is 3. The molecule has 31 heavy (non-hydrogen) atoms. The van der Waals surface area contributed by atoms with Crippen LogP contribution < -0.4 is 10.0 Å². The fraction of sp³-hybridized carbons (Fsp3) is 0.143. The second-order valence-corrected chi connectivity index (χ2v) is 9.30. The Balaban J connectivity index is 1.77. The molecule has 0 atom stereocenters. The van der Waals surface area contributed by atoms with E-state index < -0.39 is 15.9 Å². The molecule has 1 amide bonds. The van der Waals surface area contributed by atoms with Gasteiger partial charge in [0.05, 0.1) is 10.0 Å². The Morgan fingerprint density at radius 3 is 2.00 bits per heavy atom. The number of hydrogen-bond acceptors (Lipinski definition) is 4. The molecule has 3 rings (SSSR count). The summed E-state index contributed by atoms with van der Waals surface area (Å²) < 4.78 is 27.7. The number of anilines is 2. The number of Topliss-reactive ketones (excluding diaryl/α,β-unsaturated/α-hetero) is 1. The van der Waals surface area contributed by atoms with Crippen LogP contribution in [0.4, 0.5) is 11.4 Å². The highest BCUT2D eigenvalue weighted by Crippen LogP contribution is 2.30. The van der Waals surface area contributed by atoms with Crippen molar-refractivity contribution in [2.45, 2.75) is 25.7 Å². The first-order valence-corrected chi connectivity index (χ1v) is 11.3. The van der Waals surface area contributed by atoms with E-state index in [0.29, 0.717) is 28.2 Å². The number of aryl methyl sites for hydroxylation is 1. The Kier molecular flexibility index (Phi) is 6.45. The molecular formula is C21H19Cl2N3O4S. The molecule has 0 saturated heterocycles. The Hall–Kier alpha value is -2.81. The first-order valence-electron chi connectivity index (χ1n) is 9.09. The molecule has 162 valence electrons. The molecule has 3 aromatic rings. The minimum Gasteiger partial charge on any atom is -0.354 e. The van der Waals surface area contributed by atoms with Crippen molar-refractivity contribution in [3.05, 3.63) is 75.0 Å². The largest absolute Gasteiger partial charge is 0.354 e. The van der Waals surface area contributed by atoms with E-state index in [4.69, 9.17) is 23.2 Å². The van der Waals surface area contributed by atoms with Crippen molar-refractivity contribution in [2.75, 3.05) is 10.0 Å². The lowest BCUT2D eigenvalue weighted by Gasteiger charge is -2.12. The zero-order valence-corrected chi connectivity index (χ0v) is 19.2. The van der Waals surface area contributed by atoms with Crippen LogP contribution in [0.3, 0.4) is 0 Å². The highest BCUT2D eigenvalue weighted by Gasteiger charge is 2.22. The van der Waals surface area contributed by atoms with E-state index in [2.05, 4.69) is 15.0 Å². The van der Waals surface area contributed by atoms with E-state index >= 15 is 0 Å². The number of amides is 1. The zero-order valence-electron chi connectivity index (χ0n) is 16.8. The third-order valence-corrected chi connectivity index (χ3v) is 6.94. The average molecular weight is 480 g/mol. The molecule has 1 aromatic heterocycles. The van der Waals surface area contributed by atoms with Crippen molar-refractivity contribution < 1.29 is 18.0 Å². The van der Waals surface area contributed by atoms with Crippen molar-refractivity contribution in [1.29, 1.82) is 0 Å². The number of benzene rings is 2. The highest BCUT2D eigenvalue weighted by molar-refractivity contribution is 7.93. The van der Waals surface area contributed by atoms with Gasteiger partial charge in [0, 0.05) is 22.6 Å². The third kappa shape index (κ3) is 4.76. The summed E-state index contributed by atoms with van der Waals surface area (Å²) in [5.74, 6) is -0.537. The maximum atomic E-state index is 12.6. The highest BCUT2D eigenvalue weighted by atomic mass is 35.5. The van der Waals surface area contributed by atoms with Crippen LogP contribution in [0.1, 0.15) is 39.0 Å². The SMILES string of the molecule is CC(=O)c1c(C)[nH]c(C(=O)Nc2ccc(NS(=O)(=O)c3c(Cl)cccc3Cl)cc2)c1C. The van der Waals surface area contributed by atoms with Crippen LogP contribution in [0.5, 0.6) is 0 Å². The molecule has 0 fully saturated rings. The molecule has 0 unspecified atom stereocenters. The molecule has 0 saturated carbocycles. The normalized spacial score (nSPS) is 11.3. The van der Waals surface area contributed by atoms with E-state index in [0.717, 1.165) is 0 Å². The predicted octanol–water partition coefficient (Wildman–Crippen LogP) is 5.19. The number of H-pyrrole nitrogens is 1.